The number of hydrogen-bond donors (Lipinski definition) is 0. The van der Waals surface area contributed by atoms with Gasteiger partial charge in [-0.1, -0.05) is 62.8 Å². The molecule has 138 valence electrons. The highest BCUT2D eigenvalue weighted by atomic mass is 28.3. The van der Waals surface area contributed by atoms with Crippen LogP contribution in [0.15, 0.2) is 36.5 Å². The Hall–Kier alpha value is -1.39. The van der Waals surface area contributed by atoms with Crippen molar-refractivity contribution >= 4 is 19.2 Å². The fraction of sp³-hybridized carbons (Fsp3) is 0.571. The maximum atomic E-state index is 12.3. The van der Waals surface area contributed by atoms with Crippen molar-refractivity contribution < 1.29 is 14.6 Å². The Balaban J connectivity index is 1.97. The standard InChI is InChI=1S/C21H32O3Si/c1-6-25(7-2,8-3)19-12-10-18(11-13-19)21(22)24-23-20-14-9-16(4)15-17(20)5/h6,10-13,16-17,20H,1,7-9,14-15H2,2-5H3. The summed E-state index contributed by atoms with van der Waals surface area (Å²) in [6.45, 7) is 12.9. The summed E-state index contributed by atoms with van der Waals surface area (Å²) in [7, 11) is -1.63. The first kappa shape index (κ1) is 19.9. The third-order valence-electron chi connectivity index (χ3n) is 5.95. The summed E-state index contributed by atoms with van der Waals surface area (Å²) in [5, 5.41) is 1.32. The summed E-state index contributed by atoms with van der Waals surface area (Å²) in [5.41, 5.74) is 2.69. The van der Waals surface area contributed by atoms with Crippen molar-refractivity contribution in [3.05, 3.63) is 42.1 Å². The molecule has 4 heteroatoms. The van der Waals surface area contributed by atoms with Crippen LogP contribution in [0.25, 0.3) is 0 Å². The minimum Gasteiger partial charge on any atom is -0.293 e. The van der Waals surface area contributed by atoms with Crippen molar-refractivity contribution in [1.29, 1.82) is 0 Å². The molecule has 1 fully saturated rings. The Bertz CT molecular complexity index is 577. The van der Waals surface area contributed by atoms with E-state index in [4.69, 9.17) is 9.78 Å². The maximum absolute atomic E-state index is 12.3. The monoisotopic (exact) mass is 360 g/mol. The van der Waals surface area contributed by atoms with Crippen LogP contribution in [-0.2, 0) is 9.78 Å². The van der Waals surface area contributed by atoms with E-state index in [2.05, 4.69) is 52.1 Å². The lowest BCUT2D eigenvalue weighted by atomic mass is 9.81. The van der Waals surface area contributed by atoms with Gasteiger partial charge in [-0.05, 0) is 43.2 Å². The third-order valence-corrected chi connectivity index (χ3v) is 10.7. The smallest absolute Gasteiger partial charge is 0.293 e. The average molecular weight is 361 g/mol. The van der Waals surface area contributed by atoms with Gasteiger partial charge in [-0.3, -0.25) is 4.89 Å². The van der Waals surface area contributed by atoms with Crippen LogP contribution >= 0.6 is 0 Å². The van der Waals surface area contributed by atoms with E-state index in [1.54, 1.807) is 0 Å². The molecule has 0 amide bonds. The third kappa shape index (κ3) is 4.62. The molecule has 0 aliphatic heterocycles. The van der Waals surface area contributed by atoms with Gasteiger partial charge in [0.25, 0.3) is 0 Å². The van der Waals surface area contributed by atoms with E-state index in [0.29, 0.717) is 11.5 Å². The number of carbonyl (C=O) groups is 1. The van der Waals surface area contributed by atoms with E-state index in [-0.39, 0.29) is 6.10 Å². The molecule has 1 aliphatic rings. The van der Waals surface area contributed by atoms with Crippen LogP contribution < -0.4 is 5.19 Å². The van der Waals surface area contributed by atoms with E-state index < -0.39 is 14.0 Å². The Morgan fingerprint density at radius 2 is 1.84 bits per heavy atom. The Labute approximate surface area is 153 Å². The molecule has 0 spiro atoms. The zero-order chi connectivity index (χ0) is 18.4. The molecule has 3 unspecified atom stereocenters. The van der Waals surface area contributed by atoms with Crippen molar-refractivity contribution in [2.24, 2.45) is 11.8 Å². The van der Waals surface area contributed by atoms with E-state index in [1.807, 2.05) is 12.1 Å². The van der Waals surface area contributed by atoms with Gasteiger partial charge in [-0.25, -0.2) is 4.79 Å². The normalized spacial score (nSPS) is 23.9. The minimum absolute atomic E-state index is 0.0143. The lowest BCUT2D eigenvalue weighted by Crippen LogP contribution is -2.44. The van der Waals surface area contributed by atoms with Crippen LogP contribution in [0.3, 0.4) is 0 Å². The molecular formula is C21H32O3Si. The van der Waals surface area contributed by atoms with E-state index in [9.17, 15) is 4.79 Å². The highest BCUT2D eigenvalue weighted by molar-refractivity contribution is 6.95. The zero-order valence-corrected chi connectivity index (χ0v) is 17.1. The van der Waals surface area contributed by atoms with Crippen LogP contribution in [0, 0.1) is 11.8 Å². The van der Waals surface area contributed by atoms with Crippen LogP contribution in [-0.4, -0.2) is 20.1 Å². The molecule has 1 aliphatic carbocycles. The first-order valence-electron chi connectivity index (χ1n) is 9.57. The maximum Gasteiger partial charge on any atom is 0.373 e. The van der Waals surface area contributed by atoms with Gasteiger partial charge in [0.2, 0.25) is 0 Å². The number of benzene rings is 1. The predicted octanol–water partition coefficient (Wildman–Crippen LogP) is 5.02. The summed E-state index contributed by atoms with van der Waals surface area (Å²) in [6.07, 6.45) is 3.22. The second-order valence-electron chi connectivity index (χ2n) is 7.55. The summed E-state index contributed by atoms with van der Waals surface area (Å²) in [4.78, 5) is 22.9. The van der Waals surface area contributed by atoms with Gasteiger partial charge < -0.3 is 0 Å². The van der Waals surface area contributed by atoms with Gasteiger partial charge >= 0.3 is 5.97 Å². The SMILES string of the molecule is C=C[Si](CC)(CC)c1ccc(C(=O)OOC2CCC(C)CC2C)cc1. The van der Waals surface area contributed by atoms with Crippen molar-refractivity contribution in [2.75, 3.05) is 0 Å². The van der Waals surface area contributed by atoms with Crippen molar-refractivity contribution in [3.8, 4) is 0 Å². The zero-order valence-electron chi connectivity index (χ0n) is 16.1. The Morgan fingerprint density at radius 1 is 1.20 bits per heavy atom. The van der Waals surface area contributed by atoms with Gasteiger partial charge in [0, 0.05) is 0 Å². The quantitative estimate of drug-likeness (QED) is 0.389. The molecule has 3 atom stereocenters. The molecule has 0 aromatic heterocycles. The summed E-state index contributed by atoms with van der Waals surface area (Å²) in [6, 6.07) is 10.1. The van der Waals surface area contributed by atoms with Gasteiger partial charge in [0.05, 0.1) is 5.56 Å². The second kappa shape index (κ2) is 8.81. The van der Waals surface area contributed by atoms with Crippen molar-refractivity contribution in [3.63, 3.8) is 0 Å². The molecule has 3 nitrogen and oxygen atoms in total. The fourth-order valence-electron chi connectivity index (χ4n) is 3.94. The molecule has 0 saturated heterocycles. The lowest BCUT2D eigenvalue weighted by Gasteiger charge is -2.30. The van der Waals surface area contributed by atoms with E-state index in [0.717, 1.165) is 37.3 Å². The summed E-state index contributed by atoms with van der Waals surface area (Å²) >= 11 is 0. The van der Waals surface area contributed by atoms with Crippen LogP contribution in [0.2, 0.25) is 12.1 Å². The largest absolute Gasteiger partial charge is 0.373 e. The molecular weight excluding hydrogens is 328 g/mol. The van der Waals surface area contributed by atoms with Gasteiger partial charge in [0.1, 0.15) is 14.2 Å². The molecule has 1 aromatic carbocycles. The molecule has 0 N–H and O–H groups in total. The molecule has 0 heterocycles. The molecule has 25 heavy (non-hydrogen) atoms. The van der Waals surface area contributed by atoms with Crippen LogP contribution in [0.1, 0.15) is 57.3 Å². The first-order valence-corrected chi connectivity index (χ1v) is 12.1. The highest BCUT2D eigenvalue weighted by Crippen LogP contribution is 2.30. The second-order valence-corrected chi connectivity index (χ2v) is 12.3. The Morgan fingerprint density at radius 3 is 2.36 bits per heavy atom. The van der Waals surface area contributed by atoms with Crippen LogP contribution in [0.4, 0.5) is 0 Å². The lowest BCUT2D eigenvalue weighted by molar-refractivity contribution is -0.290. The fourth-order valence-corrected chi connectivity index (χ4v) is 6.90. The first-order chi connectivity index (χ1) is 12.0. The molecule has 1 saturated carbocycles. The summed E-state index contributed by atoms with van der Waals surface area (Å²) in [5.74, 6) is 0.744. The number of rotatable bonds is 7. The Kier molecular flexibility index (Phi) is 7.02. The van der Waals surface area contributed by atoms with Crippen molar-refractivity contribution in [1.82, 2.24) is 0 Å². The highest BCUT2D eigenvalue weighted by Gasteiger charge is 2.29. The van der Waals surface area contributed by atoms with Gasteiger partial charge in [-0.2, -0.15) is 4.89 Å². The molecule has 2 rings (SSSR count). The van der Waals surface area contributed by atoms with Crippen molar-refractivity contribution in [2.45, 2.75) is 65.1 Å². The number of hydrogen-bond acceptors (Lipinski definition) is 3. The minimum atomic E-state index is -1.63. The average Bonchev–Trinajstić information content (AvgIpc) is 2.63. The number of carbonyl (C=O) groups excluding carboxylic acids is 1. The molecule has 0 bridgehead atoms. The summed E-state index contributed by atoms with van der Waals surface area (Å²) < 4.78 is 0. The van der Waals surface area contributed by atoms with E-state index >= 15 is 0 Å². The van der Waals surface area contributed by atoms with E-state index in [1.165, 1.54) is 5.19 Å². The molecule has 1 aromatic rings. The topological polar surface area (TPSA) is 35.5 Å². The predicted molar refractivity (Wildman–Crippen MR) is 105 cm³/mol. The van der Waals surface area contributed by atoms with Gasteiger partial charge in [-0.15, -0.1) is 6.58 Å². The van der Waals surface area contributed by atoms with Crippen LogP contribution in [0.5, 0.6) is 0 Å². The molecule has 0 radical (unpaired) electrons. The van der Waals surface area contributed by atoms with Gasteiger partial charge in [0.15, 0.2) is 0 Å².